The fourth-order valence-corrected chi connectivity index (χ4v) is 2.85. The Morgan fingerprint density at radius 1 is 1.45 bits per heavy atom. The van der Waals surface area contributed by atoms with Crippen LogP contribution in [0.1, 0.15) is 45.4 Å². The Labute approximate surface area is 68.2 Å². The highest BCUT2D eigenvalue weighted by atomic mass is 16.1. The molecular formula is C10H16O. The second-order valence-electron chi connectivity index (χ2n) is 4.52. The van der Waals surface area contributed by atoms with E-state index in [0.717, 1.165) is 18.8 Å². The molecule has 0 aromatic carbocycles. The monoisotopic (exact) mass is 152 g/mol. The molecule has 2 rings (SSSR count). The van der Waals surface area contributed by atoms with Crippen LogP contribution in [0.4, 0.5) is 0 Å². The highest BCUT2D eigenvalue weighted by Gasteiger charge is 2.43. The van der Waals surface area contributed by atoms with E-state index in [2.05, 4.69) is 6.92 Å². The van der Waals surface area contributed by atoms with Crippen molar-refractivity contribution < 1.29 is 4.79 Å². The summed E-state index contributed by atoms with van der Waals surface area (Å²) in [5, 5.41) is 0. The molecule has 0 amide bonds. The summed E-state index contributed by atoms with van der Waals surface area (Å²) in [6, 6.07) is 0. The van der Waals surface area contributed by atoms with Crippen molar-refractivity contribution in [3.05, 3.63) is 0 Å². The van der Waals surface area contributed by atoms with E-state index < -0.39 is 0 Å². The molecule has 0 aromatic heterocycles. The lowest BCUT2D eigenvalue weighted by Crippen LogP contribution is -2.25. The van der Waals surface area contributed by atoms with E-state index in [4.69, 9.17) is 0 Å². The van der Waals surface area contributed by atoms with Crippen molar-refractivity contribution >= 4 is 5.78 Å². The molecular weight excluding hydrogens is 136 g/mol. The second kappa shape index (κ2) is 2.33. The minimum atomic E-state index is 0.412. The molecule has 0 radical (unpaired) electrons. The standard InChI is InChI=1S/C10H16O/c1-10-5-3-2-4-8(10)6-9(11)7-10/h8H,2-7H2,1H3/t8-,10-/m0/s1. The lowest BCUT2D eigenvalue weighted by Gasteiger charge is -2.35. The predicted octanol–water partition coefficient (Wildman–Crippen LogP) is 2.55. The van der Waals surface area contributed by atoms with Gasteiger partial charge in [-0.3, -0.25) is 4.79 Å². The fraction of sp³-hybridized carbons (Fsp3) is 0.900. The maximum atomic E-state index is 11.2. The highest BCUT2D eigenvalue weighted by Crippen LogP contribution is 2.50. The number of ketones is 1. The molecule has 62 valence electrons. The molecule has 0 unspecified atom stereocenters. The van der Waals surface area contributed by atoms with Crippen molar-refractivity contribution in [2.24, 2.45) is 11.3 Å². The van der Waals surface area contributed by atoms with E-state index in [1.807, 2.05) is 0 Å². The van der Waals surface area contributed by atoms with Crippen molar-refractivity contribution in [2.45, 2.75) is 45.4 Å². The maximum absolute atomic E-state index is 11.2. The zero-order valence-electron chi connectivity index (χ0n) is 7.23. The summed E-state index contributed by atoms with van der Waals surface area (Å²) in [4.78, 5) is 11.2. The Kier molecular flexibility index (Phi) is 1.55. The van der Waals surface area contributed by atoms with Crippen LogP contribution in [-0.4, -0.2) is 5.78 Å². The quantitative estimate of drug-likeness (QED) is 0.521. The average molecular weight is 152 g/mol. The van der Waals surface area contributed by atoms with Gasteiger partial charge in [0.15, 0.2) is 0 Å². The third-order valence-corrected chi connectivity index (χ3v) is 3.61. The van der Waals surface area contributed by atoms with Gasteiger partial charge in [0.1, 0.15) is 5.78 Å². The molecule has 1 heteroatoms. The van der Waals surface area contributed by atoms with Gasteiger partial charge in [-0.2, -0.15) is 0 Å². The summed E-state index contributed by atoms with van der Waals surface area (Å²) in [6.45, 7) is 2.31. The molecule has 0 bridgehead atoms. The van der Waals surface area contributed by atoms with Gasteiger partial charge in [0.05, 0.1) is 0 Å². The van der Waals surface area contributed by atoms with Crippen molar-refractivity contribution in [2.75, 3.05) is 0 Å². The Morgan fingerprint density at radius 3 is 3.00 bits per heavy atom. The first-order chi connectivity index (χ1) is 5.21. The number of Topliss-reactive ketones (excluding diaryl/α,β-unsaturated/α-hetero) is 1. The topological polar surface area (TPSA) is 17.1 Å². The molecule has 2 fully saturated rings. The summed E-state index contributed by atoms with van der Waals surface area (Å²) in [6.07, 6.45) is 7.06. The Balaban J connectivity index is 2.17. The van der Waals surface area contributed by atoms with Gasteiger partial charge in [0.25, 0.3) is 0 Å². The third-order valence-electron chi connectivity index (χ3n) is 3.61. The zero-order chi connectivity index (χ0) is 7.90. The van der Waals surface area contributed by atoms with Crippen LogP contribution in [0, 0.1) is 11.3 Å². The van der Waals surface area contributed by atoms with Crippen molar-refractivity contribution in [3.8, 4) is 0 Å². The summed E-state index contributed by atoms with van der Waals surface area (Å²) in [7, 11) is 0. The molecule has 0 heterocycles. The normalized spacial score (nSPS) is 44.1. The molecule has 2 saturated carbocycles. The van der Waals surface area contributed by atoms with E-state index in [9.17, 15) is 4.79 Å². The first-order valence-corrected chi connectivity index (χ1v) is 4.72. The largest absolute Gasteiger partial charge is 0.300 e. The van der Waals surface area contributed by atoms with E-state index >= 15 is 0 Å². The number of hydrogen-bond acceptors (Lipinski definition) is 1. The van der Waals surface area contributed by atoms with Crippen molar-refractivity contribution in [3.63, 3.8) is 0 Å². The van der Waals surface area contributed by atoms with E-state index in [1.165, 1.54) is 25.7 Å². The molecule has 0 aromatic rings. The van der Waals surface area contributed by atoms with Crippen LogP contribution in [0.3, 0.4) is 0 Å². The summed E-state index contributed by atoms with van der Waals surface area (Å²) in [5.41, 5.74) is 0.412. The predicted molar refractivity (Wildman–Crippen MR) is 44.3 cm³/mol. The zero-order valence-corrected chi connectivity index (χ0v) is 7.23. The minimum Gasteiger partial charge on any atom is -0.300 e. The number of hydrogen-bond donors (Lipinski definition) is 0. The number of rotatable bonds is 0. The average Bonchev–Trinajstić information content (AvgIpc) is 2.22. The molecule has 2 aliphatic carbocycles. The number of fused-ring (bicyclic) bond motifs is 1. The van der Waals surface area contributed by atoms with Gasteiger partial charge in [0.2, 0.25) is 0 Å². The van der Waals surface area contributed by atoms with E-state index in [1.54, 1.807) is 0 Å². The lowest BCUT2D eigenvalue weighted by molar-refractivity contribution is -0.118. The summed E-state index contributed by atoms with van der Waals surface area (Å²) in [5.74, 6) is 1.25. The first kappa shape index (κ1) is 7.33. The third kappa shape index (κ3) is 1.11. The molecule has 0 saturated heterocycles. The Hall–Kier alpha value is -0.330. The number of carbonyl (C=O) groups is 1. The number of carbonyl (C=O) groups excluding carboxylic acids is 1. The Morgan fingerprint density at radius 2 is 2.27 bits per heavy atom. The molecule has 2 atom stereocenters. The fourth-order valence-electron chi connectivity index (χ4n) is 2.85. The van der Waals surface area contributed by atoms with Gasteiger partial charge in [-0.25, -0.2) is 0 Å². The van der Waals surface area contributed by atoms with Crippen molar-refractivity contribution in [1.82, 2.24) is 0 Å². The van der Waals surface area contributed by atoms with Crippen LogP contribution < -0.4 is 0 Å². The summed E-state index contributed by atoms with van der Waals surface area (Å²) < 4.78 is 0. The van der Waals surface area contributed by atoms with E-state index in [-0.39, 0.29) is 0 Å². The van der Waals surface area contributed by atoms with Gasteiger partial charge in [-0.05, 0) is 24.2 Å². The van der Waals surface area contributed by atoms with Crippen LogP contribution in [-0.2, 0) is 4.79 Å². The van der Waals surface area contributed by atoms with Gasteiger partial charge >= 0.3 is 0 Å². The van der Waals surface area contributed by atoms with Gasteiger partial charge in [-0.1, -0.05) is 19.8 Å². The van der Waals surface area contributed by atoms with Crippen LogP contribution >= 0.6 is 0 Å². The Bertz CT molecular complexity index is 185. The second-order valence-corrected chi connectivity index (χ2v) is 4.52. The molecule has 2 aliphatic rings. The molecule has 0 aliphatic heterocycles. The van der Waals surface area contributed by atoms with Crippen LogP contribution in [0.25, 0.3) is 0 Å². The van der Waals surface area contributed by atoms with Crippen LogP contribution in [0.15, 0.2) is 0 Å². The lowest BCUT2D eigenvalue weighted by atomic mass is 9.70. The molecule has 1 nitrogen and oxygen atoms in total. The molecule has 0 N–H and O–H groups in total. The van der Waals surface area contributed by atoms with Crippen molar-refractivity contribution in [1.29, 1.82) is 0 Å². The van der Waals surface area contributed by atoms with Gasteiger partial charge < -0.3 is 0 Å². The first-order valence-electron chi connectivity index (χ1n) is 4.72. The highest BCUT2D eigenvalue weighted by molar-refractivity contribution is 5.82. The maximum Gasteiger partial charge on any atom is 0.133 e. The van der Waals surface area contributed by atoms with Crippen LogP contribution in [0.5, 0.6) is 0 Å². The molecule has 0 spiro atoms. The van der Waals surface area contributed by atoms with E-state index in [0.29, 0.717) is 11.2 Å². The van der Waals surface area contributed by atoms with Crippen LogP contribution in [0.2, 0.25) is 0 Å². The smallest absolute Gasteiger partial charge is 0.133 e. The summed E-state index contributed by atoms with van der Waals surface area (Å²) >= 11 is 0. The minimum absolute atomic E-state index is 0.412. The molecule has 11 heavy (non-hydrogen) atoms. The van der Waals surface area contributed by atoms with Gasteiger partial charge in [0, 0.05) is 12.8 Å². The SMILES string of the molecule is C[C@@]12CCCC[C@H]1CC(=O)C2. The van der Waals surface area contributed by atoms with Gasteiger partial charge in [-0.15, -0.1) is 0 Å².